The zero-order chi connectivity index (χ0) is 32.1. The number of ether oxygens (including phenoxy) is 3. The van der Waals surface area contributed by atoms with E-state index in [-0.39, 0.29) is 24.5 Å². The highest BCUT2D eigenvalue weighted by molar-refractivity contribution is 6.07. The third kappa shape index (κ3) is 9.20. The van der Waals surface area contributed by atoms with Crippen molar-refractivity contribution in [2.75, 3.05) is 33.4 Å². The summed E-state index contributed by atoms with van der Waals surface area (Å²) in [5.74, 6) is -2.56. The fourth-order valence-electron chi connectivity index (χ4n) is 5.07. The average Bonchev–Trinajstić information content (AvgIpc) is 3.02. The number of para-hydroxylation sites is 1. The van der Waals surface area contributed by atoms with E-state index < -0.39 is 34.8 Å². The molecule has 0 radical (unpaired) electrons. The van der Waals surface area contributed by atoms with Gasteiger partial charge in [0.2, 0.25) is 0 Å². The Labute approximate surface area is 256 Å². The van der Waals surface area contributed by atoms with Gasteiger partial charge in [0.1, 0.15) is 30.4 Å². The Kier molecular flexibility index (Phi) is 13.0. The Hall–Kier alpha value is -4.60. The lowest BCUT2D eigenvalue weighted by atomic mass is 9.75. The molecule has 0 aromatic heterocycles. The van der Waals surface area contributed by atoms with Crippen LogP contribution in [0.1, 0.15) is 56.6 Å². The molecular formula is C32H38N4O8. The van der Waals surface area contributed by atoms with Crippen LogP contribution in [0.2, 0.25) is 0 Å². The van der Waals surface area contributed by atoms with Gasteiger partial charge in [-0.05, 0) is 50.9 Å². The first-order valence-electron chi connectivity index (χ1n) is 14.4. The molecule has 3 atom stereocenters. The number of aliphatic hydroxyl groups is 1. The summed E-state index contributed by atoms with van der Waals surface area (Å²) >= 11 is 0. The number of nitro benzene ring substituents is 1. The number of carbonyl (C=O) groups excluding carboxylic acids is 2. The van der Waals surface area contributed by atoms with E-state index in [9.17, 15) is 24.8 Å². The highest BCUT2D eigenvalue weighted by Crippen LogP contribution is 2.41. The van der Waals surface area contributed by atoms with E-state index in [0.717, 1.165) is 19.3 Å². The number of aliphatic hydroxyl groups excluding tert-OH is 1. The number of rotatable bonds is 16. The van der Waals surface area contributed by atoms with Crippen LogP contribution in [-0.4, -0.2) is 67.2 Å². The lowest BCUT2D eigenvalue weighted by molar-refractivity contribution is -0.384. The molecular weight excluding hydrogens is 568 g/mol. The number of aliphatic imine (C=N–C) groups is 1. The minimum atomic E-state index is -0.931. The Morgan fingerprint density at radius 2 is 1.89 bits per heavy atom. The highest BCUT2D eigenvalue weighted by atomic mass is 16.6. The average molecular weight is 607 g/mol. The summed E-state index contributed by atoms with van der Waals surface area (Å²) in [7, 11) is 1.24. The monoisotopic (exact) mass is 606 g/mol. The van der Waals surface area contributed by atoms with Gasteiger partial charge >= 0.3 is 11.9 Å². The molecule has 0 aliphatic carbocycles. The van der Waals surface area contributed by atoms with Crippen LogP contribution >= 0.6 is 0 Å². The molecule has 0 amide bonds. The van der Waals surface area contributed by atoms with E-state index in [0.29, 0.717) is 47.8 Å². The molecule has 44 heavy (non-hydrogen) atoms. The SMILES string of the molecule is COC(=O)C1C(C)=NC(C)=C(C(=O)OCCCCCCNCC(O)COc2ccccc2C#N)C1c1cccc([N+](=O)[O-])c1. The second-order valence-electron chi connectivity index (χ2n) is 10.4. The minimum Gasteiger partial charge on any atom is -0.489 e. The standard InChI is InChI=1S/C32H38N4O8/c1-21-28(31(38)42-3)30(23-12-10-13-25(17-23)36(40)41)29(22(2)35-21)32(39)43-16-9-5-4-8-15-34-19-26(37)20-44-27-14-7-6-11-24(27)18-33/h6-7,10-14,17,26,28,30,34,37H,4-5,8-9,15-16,19-20H2,1-3H3. The molecule has 2 N–H and O–H groups in total. The van der Waals surface area contributed by atoms with Crippen molar-refractivity contribution in [3.63, 3.8) is 0 Å². The van der Waals surface area contributed by atoms with Gasteiger partial charge in [-0.25, -0.2) is 4.79 Å². The zero-order valence-electron chi connectivity index (χ0n) is 25.2. The molecule has 2 aromatic rings. The fourth-order valence-corrected chi connectivity index (χ4v) is 5.07. The van der Waals surface area contributed by atoms with E-state index >= 15 is 0 Å². The molecule has 0 fully saturated rings. The van der Waals surface area contributed by atoms with Crippen LogP contribution in [0.25, 0.3) is 0 Å². The predicted molar refractivity (Wildman–Crippen MR) is 162 cm³/mol. The maximum absolute atomic E-state index is 13.3. The van der Waals surface area contributed by atoms with Crippen molar-refractivity contribution in [1.29, 1.82) is 5.26 Å². The van der Waals surface area contributed by atoms with Gasteiger partial charge < -0.3 is 24.6 Å². The smallest absolute Gasteiger partial charge is 0.336 e. The molecule has 0 saturated carbocycles. The molecule has 0 bridgehead atoms. The number of allylic oxidation sites excluding steroid dienone is 1. The van der Waals surface area contributed by atoms with Crippen molar-refractivity contribution >= 4 is 23.3 Å². The topological polar surface area (TPSA) is 173 Å². The summed E-state index contributed by atoms with van der Waals surface area (Å²) in [5.41, 5.74) is 1.69. The highest BCUT2D eigenvalue weighted by Gasteiger charge is 2.42. The van der Waals surface area contributed by atoms with E-state index in [2.05, 4.69) is 16.4 Å². The number of esters is 2. The lowest BCUT2D eigenvalue weighted by Gasteiger charge is -2.31. The summed E-state index contributed by atoms with van der Waals surface area (Å²) in [6.45, 7) is 4.59. The third-order valence-electron chi connectivity index (χ3n) is 7.24. The van der Waals surface area contributed by atoms with Crippen molar-refractivity contribution in [2.24, 2.45) is 10.9 Å². The summed E-state index contributed by atoms with van der Waals surface area (Å²) in [4.78, 5) is 41.4. The summed E-state index contributed by atoms with van der Waals surface area (Å²) in [6, 6.07) is 14.8. The summed E-state index contributed by atoms with van der Waals surface area (Å²) in [6.07, 6.45) is 2.43. The first kappa shape index (κ1) is 33.9. The number of hydrogen-bond donors (Lipinski definition) is 2. The zero-order valence-corrected chi connectivity index (χ0v) is 25.2. The second kappa shape index (κ2) is 16.9. The Bertz CT molecular complexity index is 1430. The fraction of sp³-hybridized carbons (Fsp3) is 0.438. The maximum Gasteiger partial charge on any atom is 0.336 e. The van der Waals surface area contributed by atoms with Crippen molar-refractivity contribution in [2.45, 2.75) is 51.6 Å². The van der Waals surface area contributed by atoms with E-state index in [4.69, 9.17) is 19.5 Å². The molecule has 0 spiro atoms. The number of non-ortho nitro benzene ring substituents is 1. The molecule has 3 rings (SSSR count). The third-order valence-corrected chi connectivity index (χ3v) is 7.24. The Morgan fingerprint density at radius 1 is 1.14 bits per heavy atom. The minimum absolute atomic E-state index is 0.0697. The number of nitrogens with zero attached hydrogens (tertiary/aromatic N) is 3. The predicted octanol–water partition coefficient (Wildman–Crippen LogP) is 4.22. The number of methoxy groups -OCH3 is 1. The van der Waals surface area contributed by atoms with Crippen LogP contribution in [0.4, 0.5) is 5.69 Å². The molecule has 1 aliphatic heterocycles. The van der Waals surface area contributed by atoms with Gasteiger partial charge in [0.25, 0.3) is 5.69 Å². The number of unbranched alkanes of at least 4 members (excludes halogenated alkanes) is 3. The van der Waals surface area contributed by atoms with Gasteiger partial charge in [-0.2, -0.15) is 5.26 Å². The summed E-state index contributed by atoms with van der Waals surface area (Å²) < 4.78 is 16.1. The largest absolute Gasteiger partial charge is 0.489 e. The van der Waals surface area contributed by atoms with Crippen LogP contribution in [0.5, 0.6) is 5.75 Å². The molecule has 2 aromatic carbocycles. The van der Waals surface area contributed by atoms with Crippen LogP contribution in [0.3, 0.4) is 0 Å². The number of nitriles is 1. The quantitative estimate of drug-likeness (QED) is 0.122. The van der Waals surface area contributed by atoms with Gasteiger partial charge in [0.15, 0.2) is 0 Å². The van der Waals surface area contributed by atoms with Gasteiger partial charge in [-0.3, -0.25) is 19.9 Å². The van der Waals surface area contributed by atoms with E-state index in [1.165, 1.54) is 25.3 Å². The normalized spacial score (nSPS) is 16.8. The van der Waals surface area contributed by atoms with Crippen molar-refractivity contribution < 1.29 is 33.8 Å². The van der Waals surface area contributed by atoms with Gasteiger partial charge in [-0.15, -0.1) is 0 Å². The molecule has 3 unspecified atom stereocenters. The number of carbonyl (C=O) groups is 2. The van der Waals surface area contributed by atoms with Gasteiger partial charge in [-0.1, -0.05) is 37.1 Å². The summed E-state index contributed by atoms with van der Waals surface area (Å²) in [5, 5.41) is 33.9. The van der Waals surface area contributed by atoms with E-state index in [1.807, 2.05) is 0 Å². The Balaban J connectivity index is 1.45. The van der Waals surface area contributed by atoms with Crippen LogP contribution < -0.4 is 10.1 Å². The van der Waals surface area contributed by atoms with Crippen LogP contribution in [-0.2, 0) is 19.1 Å². The first-order chi connectivity index (χ1) is 21.2. The second-order valence-corrected chi connectivity index (χ2v) is 10.4. The van der Waals surface area contributed by atoms with Crippen molar-refractivity contribution in [3.8, 4) is 11.8 Å². The number of nitro groups is 1. The molecule has 0 saturated heterocycles. The number of benzene rings is 2. The molecule has 1 heterocycles. The Morgan fingerprint density at radius 3 is 2.61 bits per heavy atom. The molecule has 12 nitrogen and oxygen atoms in total. The molecule has 234 valence electrons. The van der Waals surface area contributed by atoms with E-state index in [1.54, 1.807) is 44.2 Å². The van der Waals surface area contributed by atoms with Gasteiger partial charge in [0, 0.05) is 36.0 Å². The maximum atomic E-state index is 13.3. The van der Waals surface area contributed by atoms with Gasteiger partial charge in [0.05, 0.1) is 29.8 Å². The van der Waals surface area contributed by atoms with Crippen LogP contribution in [0.15, 0.2) is 64.8 Å². The molecule has 12 heteroatoms. The number of hydrogen-bond acceptors (Lipinski definition) is 11. The number of nitrogens with one attached hydrogen (secondary N) is 1. The first-order valence-corrected chi connectivity index (χ1v) is 14.4. The van der Waals surface area contributed by atoms with Crippen molar-refractivity contribution in [1.82, 2.24) is 5.32 Å². The van der Waals surface area contributed by atoms with Crippen molar-refractivity contribution in [3.05, 3.63) is 81.0 Å². The van der Waals surface area contributed by atoms with Crippen LogP contribution in [0, 0.1) is 27.4 Å². The molecule has 1 aliphatic rings. The lowest BCUT2D eigenvalue weighted by Crippen LogP contribution is -2.36.